The number of carbonyl (C=O) groups is 1. The lowest BCUT2D eigenvalue weighted by Gasteiger charge is -2.19. The summed E-state index contributed by atoms with van der Waals surface area (Å²) < 4.78 is 46.5. The molecule has 5 nitrogen and oxygen atoms in total. The SMILES string of the molecule is COc1cccc(CN(C)CC(=O)NCC(F)(F)F)c1OC. The summed E-state index contributed by atoms with van der Waals surface area (Å²) in [5, 5.41) is 1.83. The molecule has 0 aliphatic rings. The molecule has 8 heteroatoms. The average molecular weight is 320 g/mol. The molecule has 0 saturated heterocycles. The first kappa shape index (κ1) is 18.1. The Hall–Kier alpha value is -1.96. The van der Waals surface area contributed by atoms with E-state index in [1.54, 1.807) is 30.1 Å². The van der Waals surface area contributed by atoms with Crippen molar-refractivity contribution in [1.29, 1.82) is 0 Å². The normalized spacial score (nSPS) is 11.4. The van der Waals surface area contributed by atoms with Crippen molar-refractivity contribution in [3.05, 3.63) is 23.8 Å². The fourth-order valence-corrected chi connectivity index (χ4v) is 1.92. The molecule has 124 valence electrons. The molecule has 0 heterocycles. The topological polar surface area (TPSA) is 50.8 Å². The van der Waals surface area contributed by atoms with Crippen molar-refractivity contribution in [3.63, 3.8) is 0 Å². The summed E-state index contributed by atoms with van der Waals surface area (Å²) in [5.74, 6) is 0.393. The first-order valence-corrected chi connectivity index (χ1v) is 6.48. The minimum Gasteiger partial charge on any atom is -0.493 e. The maximum Gasteiger partial charge on any atom is 0.405 e. The number of hydrogen-bond donors (Lipinski definition) is 1. The Bertz CT molecular complexity index is 507. The zero-order chi connectivity index (χ0) is 16.8. The highest BCUT2D eigenvalue weighted by Crippen LogP contribution is 2.31. The van der Waals surface area contributed by atoms with E-state index in [-0.39, 0.29) is 6.54 Å². The number of para-hydroxylation sites is 1. The highest BCUT2D eigenvalue weighted by atomic mass is 19.4. The van der Waals surface area contributed by atoms with Gasteiger partial charge in [-0.05, 0) is 13.1 Å². The van der Waals surface area contributed by atoms with Crippen LogP contribution in [-0.2, 0) is 11.3 Å². The third-order valence-corrected chi connectivity index (χ3v) is 2.82. The molecule has 0 atom stereocenters. The van der Waals surface area contributed by atoms with Gasteiger partial charge < -0.3 is 14.8 Å². The Balaban J connectivity index is 2.62. The van der Waals surface area contributed by atoms with Gasteiger partial charge in [0.2, 0.25) is 5.91 Å². The monoisotopic (exact) mass is 320 g/mol. The standard InChI is InChI=1S/C14H19F3N2O3/c1-19(8-12(20)18-9-14(15,16)17)7-10-5-4-6-11(21-2)13(10)22-3/h4-6H,7-9H2,1-3H3,(H,18,20). The number of hydrogen-bond acceptors (Lipinski definition) is 4. The van der Waals surface area contributed by atoms with E-state index in [1.807, 2.05) is 5.32 Å². The fourth-order valence-electron chi connectivity index (χ4n) is 1.92. The lowest BCUT2D eigenvalue weighted by Crippen LogP contribution is -2.39. The Labute approximate surface area is 127 Å². The molecule has 1 rings (SSSR count). The van der Waals surface area contributed by atoms with Crippen molar-refractivity contribution in [3.8, 4) is 11.5 Å². The van der Waals surface area contributed by atoms with Gasteiger partial charge in [0.05, 0.1) is 20.8 Å². The van der Waals surface area contributed by atoms with Crippen LogP contribution in [0.5, 0.6) is 11.5 Å². The third kappa shape index (κ3) is 5.80. The molecular weight excluding hydrogens is 301 g/mol. The van der Waals surface area contributed by atoms with Gasteiger partial charge in [-0.1, -0.05) is 12.1 Å². The van der Waals surface area contributed by atoms with Crippen LogP contribution < -0.4 is 14.8 Å². The first-order chi connectivity index (χ1) is 10.3. The van der Waals surface area contributed by atoms with E-state index in [2.05, 4.69) is 0 Å². The maximum atomic E-state index is 12.0. The van der Waals surface area contributed by atoms with Gasteiger partial charge in [-0.3, -0.25) is 9.69 Å². The number of alkyl halides is 3. The zero-order valence-electron chi connectivity index (χ0n) is 12.7. The molecule has 1 aromatic carbocycles. The molecule has 0 unspecified atom stereocenters. The predicted octanol–water partition coefficient (Wildman–Crippen LogP) is 1.81. The van der Waals surface area contributed by atoms with Crippen molar-refractivity contribution in [1.82, 2.24) is 10.2 Å². The summed E-state index contributed by atoms with van der Waals surface area (Å²) in [4.78, 5) is 13.0. The summed E-state index contributed by atoms with van der Waals surface area (Å²) >= 11 is 0. The smallest absolute Gasteiger partial charge is 0.405 e. The van der Waals surface area contributed by atoms with Crippen LogP contribution in [0.3, 0.4) is 0 Å². The largest absolute Gasteiger partial charge is 0.493 e. The second kappa shape index (κ2) is 7.88. The minimum absolute atomic E-state index is 0.156. The Morgan fingerprint density at radius 1 is 1.27 bits per heavy atom. The summed E-state index contributed by atoms with van der Waals surface area (Å²) in [7, 11) is 4.64. The molecule has 0 aliphatic heterocycles. The quantitative estimate of drug-likeness (QED) is 0.832. The molecule has 0 fully saturated rings. The molecule has 0 aliphatic carbocycles. The number of ether oxygens (including phenoxy) is 2. The Morgan fingerprint density at radius 3 is 2.50 bits per heavy atom. The molecule has 22 heavy (non-hydrogen) atoms. The van der Waals surface area contributed by atoms with Crippen molar-refractivity contribution in [2.45, 2.75) is 12.7 Å². The Morgan fingerprint density at radius 2 is 1.95 bits per heavy atom. The molecule has 0 aromatic heterocycles. The molecule has 0 radical (unpaired) electrons. The van der Waals surface area contributed by atoms with E-state index in [0.29, 0.717) is 18.0 Å². The Kier molecular flexibility index (Phi) is 6.48. The van der Waals surface area contributed by atoms with Crippen molar-refractivity contribution >= 4 is 5.91 Å². The molecule has 1 aromatic rings. The van der Waals surface area contributed by atoms with Gasteiger partial charge in [-0.25, -0.2) is 0 Å². The third-order valence-electron chi connectivity index (χ3n) is 2.82. The molecular formula is C14H19F3N2O3. The van der Waals surface area contributed by atoms with E-state index in [0.717, 1.165) is 5.56 Å². The van der Waals surface area contributed by atoms with E-state index >= 15 is 0 Å². The fraction of sp³-hybridized carbons (Fsp3) is 0.500. The van der Waals surface area contributed by atoms with Crippen LogP contribution >= 0.6 is 0 Å². The number of carbonyl (C=O) groups excluding carboxylic acids is 1. The van der Waals surface area contributed by atoms with Crippen LogP contribution in [0.15, 0.2) is 18.2 Å². The first-order valence-electron chi connectivity index (χ1n) is 6.48. The molecule has 0 bridgehead atoms. The minimum atomic E-state index is -4.41. The molecule has 0 spiro atoms. The zero-order valence-corrected chi connectivity index (χ0v) is 12.7. The predicted molar refractivity (Wildman–Crippen MR) is 74.9 cm³/mol. The second-order valence-corrected chi connectivity index (χ2v) is 4.72. The van der Waals surface area contributed by atoms with Gasteiger partial charge in [0.1, 0.15) is 6.54 Å². The van der Waals surface area contributed by atoms with Gasteiger partial charge in [-0.2, -0.15) is 13.2 Å². The van der Waals surface area contributed by atoms with Gasteiger partial charge >= 0.3 is 6.18 Å². The van der Waals surface area contributed by atoms with Crippen LogP contribution in [0, 0.1) is 0 Å². The van der Waals surface area contributed by atoms with Gasteiger partial charge in [0, 0.05) is 12.1 Å². The van der Waals surface area contributed by atoms with Gasteiger partial charge in [0.25, 0.3) is 0 Å². The number of amides is 1. The summed E-state index contributed by atoms with van der Waals surface area (Å²) in [6.45, 7) is -1.15. The lowest BCUT2D eigenvalue weighted by atomic mass is 10.1. The number of benzene rings is 1. The highest BCUT2D eigenvalue weighted by Gasteiger charge is 2.27. The highest BCUT2D eigenvalue weighted by molar-refractivity contribution is 5.78. The van der Waals surface area contributed by atoms with Crippen LogP contribution in [0.2, 0.25) is 0 Å². The van der Waals surface area contributed by atoms with E-state index < -0.39 is 18.6 Å². The van der Waals surface area contributed by atoms with Crippen LogP contribution in [0.25, 0.3) is 0 Å². The van der Waals surface area contributed by atoms with Gasteiger partial charge in [-0.15, -0.1) is 0 Å². The van der Waals surface area contributed by atoms with Crippen molar-refractivity contribution in [2.24, 2.45) is 0 Å². The summed E-state index contributed by atoms with van der Waals surface area (Å²) in [5.41, 5.74) is 0.771. The summed E-state index contributed by atoms with van der Waals surface area (Å²) in [6, 6.07) is 5.30. The maximum absolute atomic E-state index is 12.0. The second-order valence-electron chi connectivity index (χ2n) is 4.72. The van der Waals surface area contributed by atoms with E-state index in [4.69, 9.17) is 9.47 Å². The van der Waals surface area contributed by atoms with Gasteiger partial charge in [0.15, 0.2) is 11.5 Å². The summed E-state index contributed by atoms with van der Waals surface area (Å²) in [6.07, 6.45) is -4.41. The van der Waals surface area contributed by atoms with Crippen molar-refractivity contribution < 1.29 is 27.4 Å². The molecule has 0 saturated carbocycles. The van der Waals surface area contributed by atoms with E-state index in [1.165, 1.54) is 14.2 Å². The van der Waals surface area contributed by atoms with Crippen molar-refractivity contribution in [2.75, 3.05) is 34.4 Å². The van der Waals surface area contributed by atoms with Crippen LogP contribution in [0.4, 0.5) is 13.2 Å². The van der Waals surface area contributed by atoms with Crippen LogP contribution in [-0.4, -0.2) is 51.3 Å². The molecule has 1 amide bonds. The number of likely N-dealkylation sites (N-methyl/N-ethyl adjacent to an activating group) is 1. The lowest BCUT2D eigenvalue weighted by molar-refractivity contribution is -0.138. The number of nitrogens with one attached hydrogen (secondary N) is 1. The average Bonchev–Trinajstić information content (AvgIpc) is 2.44. The number of nitrogens with zero attached hydrogens (tertiary/aromatic N) is 1. The van der Waals surface area contributed by atoms with Crippen LogP contribution in [0.1, 0.15) is 5.56 Å². The number of methoxy groups -OCH3 is 2. The van der Waals surface area contributed by atoms with E-state index in [9.17, 15) is 18.0 Å². The molecule has 1 N–H and O–H groups in total. The number of halogens is 3. The number of rotatable bonds is 7.